The summed E-state index contributed by atoms with van der Waals surface area (Å²) in [5, 5.41) is 12.0. The molecular formula is C18H17N3O2S. The summed E-state index contributed by atoms with van der Waals surface area (Å²) >= 11 is 1.38. The van der Waals surface area contributed by atoms with Crippen LogP contribution < -0.4 is 0 Å². The lowest BCUT2D eigenvalue weighted by molar-refractivity contribution is -0.392. The summed E-state index contributed by atoms with van der Waals surface area (Å²) in [7, 11) is 0. The van der Waals surface area contributed by atoms with Crippen LogP contribution in [0.3, 0.4) is 0 Å². The van der Waals surface area contributed by atoms with Gasteiger partial charge in [0.2, 0.25) is 5.82 Å². The number of aryl methyl sites for hydroxylation is 1. The van der Waals surface area contributed by atoms with E-state index in [4.69, 9.17) is 0 Å². The fourth-order valence-corrected chi connectivity index (χ4v) is 3.50. The Morgan fingerprint density at radius 1 is 1.08 bits per heavy atom. The van der Waals surface area contributed by atoms with E-state index in [1.165, 1.54) is 11.8 Å². The molecule has 2 aromatic carbocycles. The molecule has 3 aromatic rings. The third kappa shape index (κ3) is 3.49. The molecule has 0 unspecified atom stereocenters. The molecule has 0 aliphatic carbocycles. The number of nitro groups is 1. The van der Waals surface area contributed by atoms with Gasteiger partial charge in [-0.05, 0) is 27.6 Å². The maximum Gasteiger partial charge on any atom is 0.396 e. The molecule has 1 heterocycles. The normalized spacial score (nSPS) is 10.7. The molecule has 1 aromatic heterocycles. The Balaban J connectivity index is 2.06. The number of rotatable bonds is 6. The SMILES string of the molecule is CCc1nc([N+](=O)[O-])c(Sc2ccccc2)n1Cc1ccccc1. The Morgan fingerprint density at radius 3 is 2.29 bits per heavy atom. The molecule has 0 spiro atoms. The molecule has 5 nitrogen and oxygen atoms in total. The minimum absolute atomic E-state index is 0.0726. The number of imidazole rings is 1. The minimum Gasteiger partial charge on any atom is -0.358 e. The molecular weight excluding hydrogens is 322 g/mol. The van der Waals surface area contributed by atoms with Gasteiger partial charge >= 0.3 is 5.82 Å². The smallest absolute Gasteiger partial charge is 0.358 e. The van der Waals surface area contributed by atoms with Crippen LogP contribution in [0, 0.1) is 10.1 Å². The van der Waals surface area contributed by atoms with Crippen molar-refractivity contribution in [3.8, 4) is 0 Å². The summed E-state index contributed by atoms with van der Waals surface area (Å²) in [5.41, 5.74) is 1.09. The van der Waals surface area contributed by atoms with E-state index in [1.807, 2.05) is 72.2 Å². The van der Waals surface area contributed by atoms with Gasteiger partial charge in [-0.3, -0.25) is 4.57 Å². The van der Waals surface area contributed by atoms with Crippen molar-refractivity contribution in [1.82, 2.24) is 9.55 Å². The molecule has 0 atom stereocenters. The summed E-state index contributed by atoms with van der Waals surface area (Å²) < 4.78 is 1.95. The quantitative estimate of drug-likeness (QED) is 0.488. The highest BCUT2D eigenvalue weighted by atomic mass is 32.2. The second kappa shape index (κ2) is 7.31. The van der Waals surface area contributed by atoms with Crippen LogP contribution in [0.15, 0.2) is 70.6 Å². The van der Waals surface area contributed by atoms with Crippen LogP contribution >= 0.6 is 11.8 Å². The van der Waals surface area contributed by atoms with E-state index in [0.29, 0.717) is 18.0 Å². The maximum absolute atomic E-state index is 11.5. The number of aromatic nitrogens is 2. The Morgan fingerprint density at radius 2 is 1.71 bits per heavy atom. The second-order valence-corrected chi connectivity index (χ2v) is 6.32. The third-order valence-corrected chi connectivity index (χ3v) is 4.72. The van der Waals surface area contributed by atoms with Gasteiger partial charge in [-0.25, -0.2) is 0 Å². The van der Waals surface area contributed by atoms with Crippen LogP contribution in [-0.2, 0) is 13.0 Å². The lowest BCUT2D eigenvalue weighted by atomic mass is 10.2. The van der Waals surface area contributed by atoms with Crippen molar-refractivity contribution < 1.29 is 4.92 Å². The Labute approximate surface area is 144 Å². The molecule has 0 bridgehead atoms. The summed E-state index contributed by atoms with van der Waals surface area (Å²) in [4.78, 5) is 16.3. The highest BCUT2D eigenvalue weighted by Crippen LogP contribution is 2.36. The summed E-state index contributed by atoms with van der Waals surface area (Å²) in [6, 6.07) is 19.6. The molecule has 0 fully saturated rings. The van der Waals surface area contributed by atoms with E-state index in [9.17, 15) is 10.1 Å². The standard InChI is InChI=1S/C18H17N3O2S/c1-2-16-19-17(21(22)23)18(24-15-11-7-4-8-12-15)20(16)13-14-9-5-3-6-10-14/h3-12H,2,13H2,1H3. The summed E-state index contributed by atoms with van der Waals surface area (Å²) in [5.74, 6) is 0.653. The fraction of sp³-hybridized carbons (Fsp3) is 0.167. The molecule has 0 aliphatic heterocycles. The Bertz CT molecular complexity index is 832. The van der Waals surface area contributed by atoms with Crippen LogP contribution in [0.4, 0.5) is 5.82 Å². The Kier molecular flexibility index (Phi) is 4.96. The van der Waals surface area contributed by atoms with Gasteiger partial charge in [0.25, 0.3) is 0 Å². The first kappa shape index (κ1) is 16.3. The van der Waals surface area contributed by atoms with Crippen LogP contribution in [0.1, 0.15) is 18.3 Å². The first-order chi connectivity index (χ1) is 11.7. The molecule has 6 heteroatoms. The fourth-order valence-electron chi connectivity index (χ4n) is 2.49. The van der Waals surface area contributed by atoms with Crippen molar-refractivity contribution in [2.45, 2.75) is 29.8 Å². The zero-order valence-electron chi connectivity index (χ0n) is 13.3. The second-order valence-electron chi connectivity index (χ2n) is 5.25. The van der Waals surface area contributed by atoms with Gasteiger partial charge in [-0.15, -0.1) is 0 Å². The van der Waals surface area contributed by atoms with E-state index in [1.54, 1.807) is 0 Å². The zero-order valence-corrected chi connectivity index (χ0v) is 14.1. The lowest BCUT2D eigenvalue weighted by Gasteiger charge is -2.09. The number of hydrogen-bond acceptors (Lipinski definition) is 4. The van der Waals surface area contributed by atoms with Crippen LogP contribution in [-0.4, -0.2) is 14.5 Å². The van der Waals surface area contributed by atoms with E-state index >= 15 is 0 Å². The van der Waals surface area contributed by atoms with E-state index < -0.39 is 4.92 Å². The molecule has 0 saturated carbocycles. The van der Waals surface area contributed by atoms with Crippen molar-refractivity contribution in [1.29, 1.82) is 0 Å². The average molecular weight is 339 g/mol. The van der Waals surface area contributed by atoms with Crippen LogP contribution in [0.5, 0.6) is 0 Å². The molecule has 0 radical (unpaired) electrons. The van der Waals surface area contributed by atoms with Crippen LogP contribution in [0.25, 0.3) is 0 Å². The predicted molar refractivity (Wildman–Crippen MR) is 94.4 cm³/mol. The van der Waals surface area contributed by atoms with Gasteiger partial charge < -0.3 is 10.1 Å². The van der Waals surface area contributed by atoms with Crippen molar-refractivity contribution in [3.63, 3.8) is 0 Å². The predicted octanol–water partition coefficient (Wildman–Crippen LogP) is 4.55. The monoisotopic (exact) mass is 339 g/mol. The summed E-state index contributed by atoms with van der Waals surface area (Å²) in [6.45, 7) is 2.53. The van der Waals surface area contributed by atoms with Gasteiger partial charge in [-0.2, -0.15) is 0 Å². The van der Waals surface area contributed by atoms with E-state index in [0.717, 1.165) is 16.3 Å². The number of nitrogens with zero attached hydrogens (tertiary/aromatic N) is 3. The van der Waals surface area contributed by atoms with Gasteiger partial charge in [0.15, 0.2) is 5.03 Å². The van der Waals surface area contributed by atoms with Gasteiger partial charge in [0.1, 0.15) is 0 Å². The molecule has 0 N–H and O–H groups in total. The highest BCUT2D eigenvalue weighted by Gasteiger charge is 2.27. The molecule has 0 saturated heterocycles. The Hall–Kier alpha value is -2.60. The van der Waals surface area contributed by atoms with Gasteiger partial charge in [-0.1, -0.05) is 67.2 Å². The molecule has 122 valence electrons. The van der Waals surface area contributed by atoms with Gasteiger partial charge in [0, 0.05) is 11.3 Å². The molecule has 0 aliphatic rings. The minimum atomic E-state index is -0.397. The average Bonchev–Trinajstić information content (AvgIpc) is 2.94. The van der Waals surface area contributed by atoms with Crippen molar-refractivity contribution >= 4 is 17.6 Å². The van der Waals surface area contributed by atoms with Gasteiger partial charge in [0.05, 0.1) is 6.54 Å². The topological polar surface area (TPSA) is 61.0 Å². The van der Waals surface area contributed by atoms with Crippen LogP contribution in [0.2, 0.25) is 0 Å². The molecule has 3 rings (SSSR count). The first-order valence-corrected chi connectivity index (χ1v) is 8.51. The number of benzene rings is 2. The molecule has 24 heavy (non-hydrogen) atoms. The van der Waals surface area contributed by atoms with Crippen molar-refractivity contribution in [2.24, 2.45) is 0 Å². The largest absolute Gasteiger partial charge is 0.396 e. The highest BCUT2D eigenvalue weighted by molar-refractivity contribution is 7.99. The summed E-state index contributed by atoms with van der Waals surface area (Å²) in [6.07, 6.45) is 0.642. The first-order valence-electron chi connectivity index (χ1n) is 7.69. The zero-order chi connectivity index (χ0) is 16.9. The van der Waals surface area contributed by atoms with Crippen molar-refractivity contribution in [2.75, 3.05) is 0 Å². The van der Waals surface area contributed by atoms with Crippen molar-refractivity contribution in [3.05, 3.63) is 82.2 Å². The maximum atomic E-state index is 11.5. The van der Waals surface area contributed by atoms with E-state index in [-0.39, 0.29) is 5.82 Å². The third-order valence-electron chi connectivity index (χ3n) is 3.61. The molecule has 0 amide bonds. The number of hydrogen-bond donors (Lipinski definition) is 0. The lowest BCUT2D eigenvalue weighted by Crippen LogP contribution is -2.06. The van der Waals surface area contributed by atoms with E-state index in [2.05, 4.69) is 4.98 Å².